The largest absolute Gasteiger partial charge is 0.385 e. The first-order chi connectivity index (χ1) is 8.51. The molecule has 3 heteroatoms. The van der Waals surface area contributed by atoms with Crippen molar-refractivity contribution in [2.45, 2.75) is 39.2 Å². The molecule has 0 saturated heterocycles. The molecule has 2 nitrogen and oxygen atoms in total. The summed E-state index contributed by atoms with van der Waals surface area (Å²) in [6.07, 6.45) is 1.59. The summed E-state index contributed by atoms with van der Waals surface area (Å²) in [5.74, 6) is 0. The molecule has 0 amide bonds. The van der Waals surface area contributed by atoms with Gasteiger partial charge in [0.1, 0.15) is 0 Å². The van der Waals surface area contributed by atoms with Crippen LogP contribution < -0.4 is 0 Å². The van der Waals surface area contributed by atoms with E-state index in [4.69, 9.17) is 0 Å². The smallest absolute Gasteiger partial charge is 0.0960 e. The van der Waals surface area contributed by atoms with Crippen LogP contribution in [-0.4, -0.2) is 10.1 Å². The molecule has 1 aromatic heterocycles. The molecule has 0 aliphatic rings. The predicted octanol–water partition coefficient (Wildman–Crippen LogP) is 3.46. The van der Waals surface area contributed by atoms with Crippen LogP contribution in [0.3, 0.4) is 0 Å². The van der Waals surface area contributed by atoms with Crippen molar-refractivity contribution >= 4 is 11.3 Å². The minimum Gasteiger partial charge on any atom is -0.385 e. The minimum absolute atomic E-state index is 0.566. The van der Waals surface area contributed by atoms with E-state index in [1.165, 1.54) is 5.56 Å². The van der Waals surface area contributed by atoms with E-state index >= 15 is 0 Å². The fourth-order valence-electron chi connectivity index (χ4n) is 1.98. The first kappa shape index (κ1) is 13.2. The van der Waals surface area contributed by atoms with Gasteiger partial charge in [0, 0.05) is 17.5 Å². The van der Waals surface area contributed by atoms with E-state index < -0.39 is 5.60 Å². The minimum atomic E-state index is -0.851. The average Bonchev–Trinajstić information content (AvgIpc) is 2.74. The molecule has 18 heavy (non-hydrogen) atoms. The Balaban J connectivity index is 2.18. The zero-order valence-electron chi connectivity index (χ0n) is 11.1. The van der Waals surface area contributed by atoms with Crippen molar-refractivity contribution in [1.82, 2.24) is 4.98 Å². The van der Waals surface area contributed by atoms with E-state index in [1.54, 1.807) is 11.3 Å². The molecule has 0 fully saturated rings. The van der Waals surface area contributed by atoms with Crippen molar-refractivity contribution in [2.24, 2.45) is 0 Å². The number of aromatic nitrogens is 1. The van der Waals surface area contributed by atoms with Gasteiger partial charge in [-0.05, 0) is 31.4 Å². The second-order valence-corrected chi connectivity index (χ2v) is 5.83. The molecule has 2 aromatic rings. The number of hydrogen-bond donors (Lipinski definition) is 1. The highest BCUT2D eigenvalue weighted by molar-refractivity contribution is 7.09. The Morgan fingerprint density at radius 2 is 1.94 bits per heavy atom. The second-order valence-electron chi connectivity index (χ2n) is 4.88. The lowest BCUT2D eigenvalue weighted by molar-refractivity contribution is 0.0575. The molecule has 0 aliphatic carbocycles. The third-order valence-electron chi connectivity index (χ3n) is 3.15. The number of thiazole rings is 1. The van der Waals surface area contributed by atoms with Crippen LogP contribution in [0.2, 0.25) is 0 Å². The molecule has 1 heterocycles. The van der Waals surface area contributed by atoms with Gasteiger partial charge in [-0.1, -0.05) is 31.2 Å². The van der Waals surface area contributed by atoms with Crippen LogP contribution in [0, 0.1) is 6.92 Å². The summed E-state index contributed by atoms with van der Waals surface area (Å²) >= 11 is 1.61. The monoisotopic (exact) mass is 261 g/mol. The number of aliphatic hydroxyl groups is 1. The van der Waals surface area contributed by atoms with Crippen molar-refractivity contribution in [3.05, 3.63) is 51.5 Å². The van der Waals surface area contributed by atoms with Gasteiger partial charge in [-0.25, -0.2) is 4.98 Å². The van der Waals surface area contributed by atoms with Crippen LogP contribution in [0.15, 0.2) is 29.6 Å². The van der Waals surface area contributed by atoms with Crippen LogP contribution in [0.4, 0.5) is 0 Å². The quantitative estimate of drug-likeness (QED) is 0.914. The standard InChI is InChI=1S/C15H19NOS/c1-4-12-5-7-13(8-6-12)15(3,17)9-14-16-11(2)10-18-14/h5-8,10,17H,4,9H2,1-3H3. The molecule has 0 radical (unpaired) electrons. The Kier molecular flexibility index (Phi) is 3.83. The Morgan fingerprint density at radius 1 is 1.28 bits per heavy atom. The SMILES string of the molecule is CCc1ccc(C(C)(O)Cc2nc(C)cs2)cc1. The maximum Gasteiger partial charge on any atom is 0.0960 e. The highest BCUT2D eigenvalue weighted by Gasteiger charge is 2.24. The molecule has 1 atom stereocenters. The summed E-state index contributed by atoms with van der Waals surface area (Å²) in [6, 6.07) is 8.19. The topological polar surface area (TPSA) is 33.1 Å². The van der Waals surface area contributed by atoms with Gasteiger partial charge < -0.3 is 5.11 Å². The molecule has 1 aromatic carbocycles. The van der Waals surface area contributed by atoms with E-state index in [2.05, 4.69) is 24.0 Å². The second kappa shape index (κ2) is 5.21. The lowest BCUT2D eigenvalue weighted by Crippen LogP contribution is -2.24. The van der Waals surface area contributed by atoms with Gasteiger partial charge in [0.15, 0.2) is 0 Å². The first-order valence-electron chi connectivity index (χ1n) is 6.24. The third kappa shape index (κ3) is 2.98. The molecule has 1 N–H and O–H groups in total. The van der Waals surface area contributed by atoms with Crippen LogP contribution in [0.1, 0.15) is 35.7 Å². The number of benzene rings is 1. The van der Waals surface area contributed by atoms with Crippen molar-refractivity contribution in [2.75, 3.05) is 0 Å². The zero-order valence-corrected chi connectivity index (χ0v) is 11.9. The predicted molar refractivity (Wildman–Crippen MR) is 75.9 cm³/mol. The van der Waals surface area contributed by atoms with Crippen LogP contribution in [0.25, 0.3) is 0 Å². The summed E-state index contributed by atoms with van der Waals surface area (Å²) in [5.41, 5.74) is 2.41. The maximum atomic E-state index is 10.6. The van der Waals surface area contributed by atoms with Crippen LogP contribution in [-0.2, 0) is 18.4 Å². The zero-order chi connectivity index (χ0) is 13.2. The van der Waals surface area contributed by atoms with Crippen molar-refractivity contribution in [1.29, 1.82) is 0 Å². The van der Waals surface area contributed by atoms with E-state index in [-0.39, 0.29) is 0 Å². The van der Waals surface area contributed by atoms with Crippen molar-refractivity contribution in [3.8, 4) is 0 Å². The summed E-state index contributed by atoms with van der Waals surface area (Å²) in [7, 11) is 0. The van der Waals surface area contributed by atoms with E-state index in [0.717, 1.165) is 22.7 Å². The third-order valence-corrected chi connectivity index (χ3v) is 4.11. The average molecular weight is 261 g/mol. The van der Waals surface area contributed by atoms with Gasteiger partial charge in [0.25, 0.3) is 0 Å². The molecule has 2 rings (SSSR count). The van der Waals surface area contributed by atoms with Crippen molar-refractivity contribution < 1.29 is 5.11 Å². The molecule has 0 spiro atoms. The Bertz CT molecular complexity index is 514. The van der Waals surface area contributed by atoms with Gasteiger partial charge >= 0.3 is 0 Å². The van der Waals surface area contributed by atoms with Gasteiger partial charge in [0.2, 0.25) is 0 Å². The number of hydrogen-bond acceptors (Lipinski definition) is 3. The Hall–Kier alpha value is -1.19. The van der Waals surface area contributed by atoms with E-state index in [0.29, 0.717) is 6.42 Å². The number of nitrogens with zero attached hydrogens (tertiary/aromatic N) is 1. The molecular formula is C15H19NOS. The van der Waals surface area contributed by atoms with Gasteiger partial charge in [-0.3, -0.25) is 0 Å². The molecule has 96 valence electrons. The van der Waals surface area contributed by atoms with Crippen molar-refractivity contribution in [3.63, 3.8) is 0 Å². The lowest BCUT2D eigenvalue weighted by atomic mass is 9.92. The molecule has 1 unspecified atom stereocenters. The van der Waals surface area contributed by atoms with Gasteiger partial charge in [-0.2, -0.15) is 0 Å². The molecular weight excluding hydrogens is 242 g/mol. The van der Waals surface area contributed by atoms with E-state index in [1.807, 2.05) is 31.4 Å². The molecule has 0 aliphatic heterocycles. The fraction of sp³-hybridized carbons (Fsp3) is 0.400. The summed E-state index contributed by atoms with van der Waals surface area (Å²) in [6.45, 7) is 5.96. The lowest BCUT2D eigenvalue weighted by Gasteiger charge is -2.23. The molecule has 0 bridgehead atoms. The van der Waals surface area contributed by atoms with Crippen LogP contribution in [0.5, 0.6) is 0 Å². The normalized spacial score (nSPS) is 14.4. The maximum absolute atomic E-state index is 10.6. The molecule has 0 saturated carbocycles. The highest BCUT2D eigenvalue weighted by Crippen LogP contribution is 2.27. The summed E-state index contributed by atoms with van der Waals surface area (Å²) < 4.78 is 0. The van der Waals surface area contributed by atoms with Gasteiger partial charge in [0.05, 0.1) is 10.6 Å². The Labute approximate surface area is 112 Å². The first-order valence-corrected chi connectivity index (χ1v) is 7.12. The summed E-state index contributed by atoms with van der Waals surface area (Å²) in [5, 5.41) is 13.6. The number of rotatable bonds is 4. The highest BCUT2D eigenvalue weighted by atomic mass is 32.1. The Morgan fingerprint density at radius 3 is 2.44 bits per heavy atom. The fourth-order valence-corrected chi connectivity index (χ4v) is 2.90. The van der Waals surface area contributed by atoms with E-state index in [9.17, 15) is 5.11 Å². The summed E-state index contributed by atoms with van der Waals surface area (Å²) in [4.78, 5) is 4.41. The van der Waals surface area contributed by atoms with Crippen LogP contribution >= 0.6 is 11.3 Å². The van der Waals surface area contributed by atoms with Gasteiger partial charge in [-0.15, -0.1) is 11.3 Å². The number of aryl methyl sites for hydroxylation is 2.